The summed E-state index contributed by atoms with van der Waals surface area (Å²) < 4.78 is 49.2. The van der Waals surface area contributed by atoms with E-state index in [4.69, 9.17) is 18.9 Å². The van der Waals surface area contributed by atoms with Crippen molar-refractivity contribution in [2.75, 3.05) is 39.0 Å². The summed E-state index contributed by atoms with van der Waals surface area (Å²) >= 11 is 0. The standard InChI is InChI=1S/C20H22N2O7S/c1-26-15-4-6-17(27-2)19(9-15)30(24,25)21-10-13-7-20(23)22(11-13)14-3-5-16-18(8-14)29-12-28-16/h3-6,8-9,13,21H,7,10-12H2,1-2H3/t13-/m1/s1. The number of sulfonamides is 1. The first kappa shape index (κ1) is 20.3. The summed E-state index contributed by atoms with van der Waals surface area (Å²) in [4.78, 5) is 14.1. The Morgan fingerprint density at radius 2 is 1.90 bits per heavy atom. The molecule has 1 saturated heterocycles. The van der Waals surface area contributed by atoms with Crippen LogP contribution >= 0.6 is 0 Å². The molecule has 1 atom stereocenters. The smallest absolute Gasteiger partial charge is 0.244 e. The van der Waals surface area contributed by atoms with Gasteiger partial charge in [0, 0.05) is 37.3 Å². The zero-order valence-electron chi connectivity index (χ0n) is 16.6. The summed E-state index contributed by atoms with van der Waals surface area (Å²) in [6.45, 7) is 0.677. The normalized spacial score (nSPS) is 18.0. The number of hydrogen-bond acceptors (Lipinski definition) is 7. The minimum Gasteiger partial charge on any atom is -0.497 e. The summed E-state index contributed by atoms with van der Waals surface area (Å²) in [5, 5.41) is 0. The predicted molar refractivity (Wildman–Crippen MR) is 108 cm³/mol. The Hall–Kier alpha value is -2.98. The van der Waals surface area contributed by atoms with E-state index < -0.39 is 10.0 Å². The number of benzene rings is 2. The van der Waals surface area contributed by atoms with Crippen LogP contribution in [0, 0.1) is 5.92 Å². The van der Waals surface area contributed by atoms with Crippen LogP contribution in [0.5, 0.6) is 23.0 Å². The highest BCUT2D eigenvalue weighted by Gasteiger charge is 2.33. The lowest BCUT2D eigenvalue weighted by atomic mass is 10.1. The third kappa shape index (κ3) is 3.88. The van der Waals surface area contributed by atoms with Crippen molar-refractivity contribution < 1.29 is 32.2 Å². The van der Waals surface area contributed by atoms with E-state index in [1.54, 1.807) is 29.2 Å². The van der Waals surface area contributed by atoms with E-state index in [0.717, 1.165) is 0 Å². The van der Waals surface area contributed by atoms with Crippen LogP contribution < -0.4 is 28.6 Å². The zero-order chi connectivity index (χ0) is 21.3. The van der Waals surface area contributed by atoms with Crippen molar-refractivity contribution in [3.63, 3.8) is 0 Å². The van der Waals surface area contributed by atoms with Crippen LogP contribution in [0.4, 0.5) is 5.69 Å². The fourth-order valence-electron chi connectivity index (χ4n) is 3.52. The molecule has 2 aliphatic heterocycles. The third-order valence-electron chi connectivity index (χ3n) is 5.10. The Morgan fingerprint density at radius 1 is 1.10 bits per heavy atom. The molecule has 0 bridgehead atoms. The maximum absolute atomic E-state index is 12.8. The van der Waals surface area contributed by atoms with Gasteiger partial charge >= 0.3 is 0 Å². The van der Waals surface area contributed by atoms with Gasteiger partial charge in [-0.2, -0.15) is 0 Å². The number of methoxy groups -OCH3 is 2. The molecule has 0 aliphatic carbocycles. The summed E-state index contributed by atoms with van der Waals surface area (Å²) in [7, 11) is -0.991. The molecule has 160 valence electrons. The molecule has 0 radical (unpaired) electrons. The molecule has 1 fully saturated rings. The highest BCUT2D eigenvalue weighted by atomic mass is 32.2. The summed E-state index contributed by atoms with van der Waals surface area (Å²) in [6.07, 6.45) is 0.242. The van der Waals surface area contributed by atoms with Crippen LogP contribution in [-0.4, -0.2) is 48.4 Å². The Balaban J connectivity index is 1.45. The predicted octanol–water partition coefficient (Wildman–Crippen LogP) is 1.76. The Morgan fingerprint density at radius 3 is 2.67 bits per heavy atom. The van der Waals surface area contributed by atoms with Crippen molar-refractivity contribution in [2.45, 2.75) is 11.3 Å². The second-order valence-corrected chi connectivity index (χ2v) is 8.72. The molecule has 0 unspecified atom stereocenters. The third-order valence-corrected chi connectivity index (χ3v) is 6.54. The Kier molecular flexibility index (Phi) is 5.44. The van der Waals surface area contributed by atoms with Crippen molar-refractivity contribution in [3.05, 3.63) is 36.4 Å². The molecule has 4 rings (SSSR count). The number of anilines is 1. The van der Waals surface area contributed by atoms with Gasteiger partial charge in [0.25, 0.3) is 0 Å². The Labute approximate surface area is 174 Å². The number of rotatable bonds is 7. The van der Waals surface area contributed by atoms with Crippen molar-refractivity contribution in [2.24, 2.45) is 5.92 Å². The minimum atomic E-state index is -3.85. The van der Waals surface area contributed by atoms with E-state index in [1.807, 2.05) is 0 Å². The molecule has 2 aromatic carbocycles. The number of nitrogens with zero attached hydrogens (tertiary/aromatic N) is 1. The zero-order valence-corrected chi connectivity index (χ0v) is 17.4. The van der Waals surface area contributed by atoms with Gasteiger partial charge in [-0.15, -0.1) is 0 Å². The van der Waals surface area contributed by atoms with Crippen LogP contribution in [0.3, 0.4) is 0 Å². The molecule has 0 spiro atoms. The highest BCUT2D eigenvalue weighted by molar-refractivity contribution is 7.89. The maximum Gasteiger partial charge on any atom is 0.244 e. The number of hydrogen-bond donors (Lipinski definition) is 1. The monoisotopic (exact) mass is 434 g/mol. The molecule has 0 aromatic heterocycles. The van der Waals surface area contributed by atoms with Crippen molar-refractivity contribution in [1.29, 1.82) is 0 Å². The van der Waals surface area contributed by atoms with Crippen molar-refractivity contribution in [3.8, 4) is 23.0 Å². The van der Waals surface area contributed by atoms with Gasteiger partial charge in [-0.05, 0) is 30.2 Å². The second-order valence-electron chi connectivity index (χ2n) is 6.98. The second kappa shape index (κ2) is 8.04. The lowest BCUT2D eigenvalue weighted by molar-refractivity contribution is -0.117. The van der Waals surface area contributed by atoms with E-state index >= 15 is 0 Å². The van der Waals surface area contributed by atoms with E-state index in [1.165, 1.54) is 26.4 Å². The molecular formula is C20H22N2O7S. The highest BCUT2D eigenvalue weighted by Crippen LogP contribution is 2.37. The number of ether oxygens (including phenoxy) is 4. The number of carbonyl (C=O) groups is 1. The van der Waals surface area contributed by atoms with Gasteiger partial charge in [-0.25, -0.2) is 13.1 Å². The molecule has 30 heavy (non-hydrogen) atoms. The first-order valence-electron chi connectivity index (χ1n) is 9.33. The topological polar surface area (TPSA) is 103 Å². The van der Waals surface area contributed by atoms with Crippen LogP contribution in [0.2, 0.25) is 0 Å². The fraction of sp³-hybridized carbons (Fsp3) is 0.350. The quantitative estimate of drug-likeness (QED) is 0.708. The molecule has 2 heterocycles. The summed E-state index contributed by atoms with van der Waals surface area (Å²) in [5.41, 5.74) is 0.698. The fourth-order valence-corrected chi connectivity index (χ4v) is 4.82. The van der Waals surface area contributed by atoms with Crippen LogP contribution in [0.15, 0.2) is 41.3 Å². The van der Waals surface area contributed by atoms with Crippen LogP contribution in [0.1, 0.15) is 6.42 Å². The van der Waals surface area contributed by atoms with E-state index in [-0.39, 0.29) is 42.2 Å². The largest absolute Gasteiger partial charge is 0.497 e. The average molecular weight is 434 g/mol. The van der Waals surface area contributed by atoms with Gasteiger partial charge in [-0.3, -0.25) is 4.79 Å². The van der Waals surface area contributed by atoms with Gasteiger partial charge in [0.05, 0.1) is 14.2 Å². The number of nitrogens with one attached hydrogen (secondary N) is 1. The van der Waals surface area contributed by atoms with Crippen LogP contribution in [-0.2, 0) is 14.8 Å². The van der Waals surface area contributed by atoms with E-state index in [0.29, 0.717) is 29.5 Å². The van der Waals surface area contributed by atoms with Crippen molar-refractivity contribution >= 4 is 21.6 Å². The molecule has 10 heteroatoms. The SMILES string of the molecule is COc1ccc(OC)c(S(=O)(=O)NC[C@H]2CC(=O)N(c3ccc4c(c3)OCO4)C2)c1. The molecule has 2 aromatic rings. The lowest BCUT2D eigenvalue weighted by Gasteiger charge is -2.18. The van der Waals surface area contributed by atoms with Gasteiger partial charge in [-0.1, -0.05) is 0 Å². The summed E-state index contributed by atoms with van der Waals surface area (Å²) in [5.74, 6) is 1.61. The number of carbonyl (C=O) groups excluding carboxylic acids is 1. The molecule has 1 N–H and O–H groups in total. The van der Waals surface area contributed by atoms with Crippen LogP contribution in [0.25, 0.3) is 0 Å². The molecule has 1 amide bonds. The maximum atomic E-state index is 12.8. The molecule has 9 nitrogen and oxygen atoms in total. The number of amides is 1. The van der Waals surface area contributed by atoms with E-state index in [9.17, 15) is 13.2 Å². The van der Waals surface area contributed by atoms with Gasteiger partial charge in [0.2, 0.25) is 22.7 Å². The average Bonchev–Trinajstić information content (AvgIpc) is 3.37. The van der Waals surface area contributed by atoms with Gasteiger partial charge in [0.15, 0.2) is 11.5 Å². The summed E-state index contributed by atoms with van der Waals surface area (Å²) in [6, 6.07) is 9.87. The van der Waals surface area contributed by atoms with Gasteiger partial charge < -0.3 is 23.8 Å². The number of fused-ring (bicyclic) bond motifs is 1. The minimum absolute atomic E-state index is 0.0127. The first-order valence-corrected chi connectivity index (χ1v) is 10.8. The molecule has 2 aliphatic rings. The lowest BCUT2D eigenvalue weighted by Crippen LogP contribution is -2.31. The van der Waals surface area contributed by atoms with E-state index in [2.05, 4.69) is 4.72 Å². The molecule has 0 saturated carbocycles. The van der Waals surface area contributed by atoms with Gasteiger partial charge in [0.1, 0.15) is 16.4 Å². The Bertz CT molecular complexity index is 1070. The van der Waals surface area contributed by atoms with Crippen molar-refractivity contribution in [1.82, 2.24) is 4.72 Å². The first-order chi connectivity index (χ1) is 14.4. The molecular weight excluding hydrogens is 412 g/mol.